The molecule has 0 aromatic heterocycles. The van der Waals surface area contributed by atoms with Crippen LogP contribution in [-0.2, 0) is 11.1 Å². The van der Waals surface area contributed by atoms with Crippen LogP contribution in [0, 0.1) is 0 Å². The van der Waals surface area contributed by atoms with Crippen LogP contribution >= 0.6 is 0 Å². The maximum atomic E-state index is 10.8. The molecule has 0 fully saturated rings. The molecule has 2 nitrogen and oxygen atoms in total. The van der Waals surface area contributed by atoms with E-state index in [9.17, 15) is 4.21 Å². The monoisotopic (exact) mass is 282 g/mol. The molecule has 14 heavy (non-hydrogen) atoms. The molecule has 1 N–H and O–H groups in total. The predicted octanol–water partition coefficient (Wildman–Crippen LogP) is 1.50. The molecule has 0 radical (unpaired) electrons. The summed E-state index contributed by atoms with van der Waals surface area (Å²) in [6.07, 6.45) is 0. The molecule has 0 saturated heterocycles. The van der Waals surface area contributed by atoms with Crippen molar-refractivity contribution in [2.24, 2.45) is 0 Å². The standard InChI is InChI=1S/C10H8O2S.Sr.2H/c11-13(12)10-6-5-8-3-1-2-4-9(8)7-10;;;/h1-7H,(H,11,12);;;. The van der Waals surface area contributed by atoms with E-state index in [1.54, 1.807) is 12.1 Å². The topological polar surface area (TPSA) is 37.3 Å². The Kier molecular flexibility index (Phi) is 4.76. The fourth-order valence-electron chi connectivity index (χ4n) is 1.28. The molecule has 2 aromatic rings. The van der Waals surface area contributed by atoms with E-state index in [-0.39, 0.29) is 45.5 Å². The van der Waals surface area contributed by atoms with Crippen LogP contribution in [0.5, 0.6) is 0 Å². The molecule has 0 saturated carbocycles. The van der Waals surface area contributed by atoms with Crippen LogP contribution in [0.4, 0.5) is 0 Å². The summed E-state index contributed by atoms with van der Waals surface area (Å²) < 4.78 is 19.6. The van der Waals surface area contributed by atoms with Gasteiger partial charge < -0.3 is 4.55 Å². The molecule has 0 spiro atoms. The number of hydrogen-bond acceptors (Lipinski definition) is 1. The van der Waals surface area contributed by atoms with Gasteiger partial charge in [0.2, 0.25) is 0 Å². The van der Waals surface area contributed by atoms with Gasteiger partial charge in [-0.25, -0.2) is 4.21 Å². The van der Waals surface area contributed by atoms with E-state index in [1.807, 2.05) is 30.3 Å². The molecule has 0 aliphatic heterocycles. The molecule has 0 heterocycles. The van der Waals surface area contributed by atoms with Crippen molar-refractivity contribution in [2.75, 3.05) is 0 Å². The van der Waals surface area contributed by atoms with Gasteiger partial charge in [-0.3, -0.25) is 0 Å². The minimum absolute atomic E-state index is 0. The van der Waals surface area contributed by atoms with Crippen molar-refractivity contribution in [1.29, 1.82) is 0 Å². The summed E-state index contributed by atoms with van der Waals surface area (Å²) in [5.41, 5.74) is 0. The van der Waals surface area contributed by atoms with Crippen molar-refractivity contribution in [3.8, 4) is 0 Å². The van der Waals surface area contributed by atoms with Crippen molar-refractivity contribution in [3.05, 3.63) is 42.5 Å². The van der Waals surface area contributed by atoms with E-state index < -0.39 is 11.1 Å². The summed E-state index contributed by atoms with van der Waals surface area (Å²) in [5.74, 6) is 0. The van der Waals surface area contributed by atoms with Crippen LogP contribution < -0.4 is 0 Å². The van der Waals surface area contributed by atoms with Crippen molar-refractivity contribution < 1.29 is 8.76 Å². The van der Waals surface area contributed by atoms with Gasteiger partial charge in [0.25, 0.3) is 0 Å². The molecule has 2 rings (SSSR count). The van der Waals surface area contributed by atoms with Gasteiger partial charge in [-0.15, -0.1) is 0 Å². The first-order chi connectivity index (χ1) is 6.27. The fraction of sp³-hybridized carbons (Fsp3) is 0. The number of fused-ring (bicyclic) bond motifs is 1. The average molecular weight is 282 g/mol. The minimum atomic E-state index is -1.88. The maximum absolute atomic E-state index is 10.8. The summed E-state index contributed by atoms with van der Waals surface area (Å²) in [6.45, 7) is 0. The van der Waals surface area contributed by atoms with Gasteiger partial charge in [-0.2, -0.15) is 0 Å². The number of hydrogen-bond donors (Lipinski definition) is 1. The molecule has 1 atom stereocenters. The van der Waals surface area contributed by atoms with Crippen LogP contribution in [0.1, 0.15) is 0 Å². The Labute approximate surface area is 122 Å². The second kappa shape index (κ2) is 5.40. The van der Waals surface area contributed by atoms with Crippen LogP contribution in [0.25, 0.3) is 10.8 Å². The van der Waals surface area contributed by atoms with Crippen LogP contribution in [-0.4, -0.2) is 54.2 Å². The zero-order valence-corrected chi connectivity index (χ0v) is 7.62. The van der Waals surface area contributed by atoms with Crippen molar-refractivity contribution in [3.63, 3.8) is 0 Å². The summed E-state index contributed by atoms with van der Waals surface area (Å²) in [7, 11) is 0. The molecular weight excluding hydrogens is 272 g/mol. The second-order valence-corrected chi connectivity index (χ2v) is 3.73. The van der Waals surface area contributed by atoms with Crippen LogP contribution in [0.15, 0.2) is 47.4 Å². The molecule has 0 aliphatic carbocycles. The quantitative estimate of drug-likeness (QED) is 0.635. The summed E-state index contributed by atoms with van der Waals surface area (Å²) in [6, 6.07) is 13.0. The Hall–Kier alpha value is 0.291. The third-order valence-electron chi connectivity index (χ3n) is 1.92. The Balaban J connectivity index is 0.000000980. The molecule has 1 unspecified atom stereocenters. The van der Waals surface area contributed by atoms with Gasteiger partial charge in [-0.05, 0) is 22.9 Å². The van der Waals surface area contributed by atoms with E-state index in [1.165, 1.54) is 0 Å². The van der Waals surface area contributed by atoms with Crippen LogP contribution in [0.3, 0.4) is 0 Å². The van der Waals surface area contributed by atoms with Gasteiger partial charge in [0.05, 0.1) is 4.90 Å². The van der Waals surface area contributed by atoms with Crippen molar-refractivity contribution in [1.82, 2.24) is 0 Å². The zero-order chi connectivity index (χ0) is 9.26. The summed E-state index contributed by atoms with van der Waals surface area (Å²) in [4.78, 5) is 0.443. The Morgan fingerprint density at radius 2 is 1.64 bits per heavy atom. The van der Waals surface area contributed by atoms with Gasteiger partial charge in [0.1, 0.15) is 0 Å². The zero-order valence-electron chi connectivity index (χ0n) is 6.81. The summed E-state index contributed by atoms with van der Waals surface area (Å²) in [5, 5.41) is 2.07. The van der Waals surface area contributed by atoms with Crippen molar-refractivity contribution >= 4 is 67.3 Å². The van der Waals surface area contributed by atoms with E-state index >= 15 is 0 Å². The molecular formula is C10H10O2SSr. The fourth-order valence-corrected chi connectivity index (χ4v) is 1.69. The second-order valence-electron chi connectivity index (χ2n) is 2.76. The van der Waals surface area contributed by atoms with Gasteiger partial charge >= 0.3 is 45.5 Å². The Morgan fingerprint density at radius 1 is 1.00 bits per heavy atom. The van der Waals surface area contributed by atoms with Gasteiger partial charge in [0, 0.05) is 0 Å². The van der Waals surface area contributed by atoms with Gasteiger partial charge in [-0.1, -0.05) is 30.3 Å². The molecule has 0 amide bonds. The molecule has 0 bridgehead atoms. The molecule has 70 valence electrons. The SMILES string of the molecule is O=S(O)c1ccc2ccccc2c1.[SrH2]. The Morgan fingerprint density at radius 3 is 2.29 bits per heavy atom. The van der Waals surface area contributed by atoms with Gasteiger partial charge in [0.15, 0.2) is 11.1 Å². The Bertz CT molecular complexity index is 470. The predicted molar refractivity (Wildman–Crippen MR) is 61.5 cm³/mol. The molecule has 4 heteroatoms. The third kappa shape index (κ3) is 2.66. The average Bonchev–Trinajstić information content (AvgIpc) is 2.17. The van der Waals surface area contributed by atoms with E-state index in [2.05, 4.69) is 0 Å². The number of benzene rings is 2. The van der Waals surface area contributed by atoms with Crippen LogP contribution in [0.2, 0.25) is 0 Å². The van der Waals surface area contributed by atoms with E-state index in [0.29, 0.717) is 4.90 Å². The van der Waals surface area contributed by atoms with E-state index in [4.69, 9.17) is 4.55 Å². The first-order valence-electron chi connectivity index (χ1n) is 3.87. The first-order valence-corrected chi connectivity index (χ1v) is 4.98. The normalized spacial score (nSPS) is 12.1. The third-order valence-corrected chi connectivity index (χ3v) is 2.58. The first kappa shape index (κ1) is 12.4. The van der Waals surface area contributed by atoms with E-state index in [0.717, 1.165) is 10.8 Å². The molecule has 0 aliphatic rings. The van der Waals surface area contributed by atoms with Crippen molar-refractivity contribution in [2.45, 2.75) is 4.90 Å². The molecule has 2 aromatic carbocycles. The summed E-state index contributed by atoms with van der Waals surface area (Å²) >= 11 is -1.88. The number of rotatable bonds is 1.